The standard InChI is InChI=1S/C35H60N12O13/c1-7-10-39-35(60)47-27(18(4)5)32(57)41-15-24(49)43-20(9-8-11-38-34(36)37)28(53)40-14-25(50)44-22(13-26(51)52)30(55)46-23(16-48)31(56)45-21(12-17(2)3)29(54)42-19(6)33(58)59/h7,17-23,27,48H,1,8-16H2,2-6H3,(H,40,53)(H,41,57)(H,42,54)(H,43,49)(H,44,50)(H,45,56)(H,46,55)(H,51,52)(H,58,59)(H4,36,37,38)(H2,39,47,60)/t19-,20-,21-,22-,23-,27-/m0/s1. The van der Waals surface area contributed by atoms with Gasteiger partial charge in [0.1, 0.15) is 36.3 Å². The lowest BCUT2D eigenvalue weighted by molar-refractivity contribution is -0.142. The number of amides is 9. The lowest BCUT2D eigenvalue weighted by Crippen LogP contribution is -2.59. The smallest absolute Gasteiger partial charge is 0.325 e. The van der Waals surface area contributed by atoms with Crippen LogP contribution in [0.15, 0.2) is 17.6 Å². The van der Waals surface area contributed by atoms with Crippen LogP contribution in [0.5, 0.6) is 0 Å². The molecule has 0 rings (SSSR count). The summed E-state index contributed by atoms with van der Waals surface area (Å²) in [5.74, 6) is -10.4. The second kappa shape index (κ2) is 28.0. The largest absolute Gasteiger partial charge is 0.481 e. The molecule has 25 nitrogen and oxygen atoms in total. The van der Waals surface area contributed by atoms with Crippen molar-refractivity contribution in [2.75, 3.05) is 32.8 Å². The number of urea groups is 1. The van der Waals surface area contributed by atoms with Crippen LogP contribution in [0.1, 0.15) is 60.3 Å². The fourth-order valence-corrected chi connectivity index (χ4v) is 4.92. The molecule has 9 amide bonds. The summed E-state index contributed by atoms with van der Waals surface area (Å²) < 4.78 is 0. The van der Waals surface area contributed by atoms with Crippen LogP contribution in [0.2, 0.25) is 0 Å². The summed E-state index contributed by atoms with van der Waals surface area (Å²) in [6.45, 7) is 9.11. The Bertz CT molecular complexity index is 1570. The molecule has 0 heterocycles. The maximum absolute atomic E-state index is 13.2. The molecule has 0 spiro atoms. The van der Waals surface area contributed by atoms with Crippen LogP contribution in [0.25, 0.3) is 0 Å². The van der Waals surface area contributed by atoms with Crippen LogP contribution in [0.4, 0.5) is 4.79 Å². The predicted molar refractivity (Wildman–Crippen MR) is 213 cm³/mol. The van der Waals surface area contributed by atoms with Crippen LogP contribution < -0.4 is 59.3 Å². The van der Waals surface area contributed by atoms with E-state index in [0.717, 1.165) is 0 Å². The van der Waals surface area contributed by atoms with Crippen molar-refractivity contribution < 1.29 is 63.3 Å². The van der Waals surface area contributed by atoms with Gasteiger partial charge in [-0.2, -0.15) is 0 Å². The molecule has 0 aliphatic rings. The molecule has 0 fully saturated rings. The minimum Gasteiger partial charge on any atom is -0.481 e. The first-order valence-corrected chi connectivity index (χ1v) is 18.8. The number of hydrogen-bond acceptors (Lipinski definition) is 12. The van der Waals surface area contributed by atoms with E-state index in [-0.39, 0.29) is 50.1 Å². The van der Waals surface area contributed by atoms with E-state index in [1.165, 1.54) is 13.0 Å². The third-order valence-corrected chi connectivity index (χ3v) is 8.00. The number of rotatable bonds is 28. The van der Waals surface area contributed by atoms with Gasteiger partial charge in [0.25, 0.3) is 0 Å². The summed E-state index contributed by atoms with van der Waals surface area (Å²) in [6, 6.07) is -9.21. The predicted octanol–water partition coefficient (Wildman–Crippen LogP) is -5.18. The monoisotopic (exact) mass is 856 g/mol. The summed E-state index contributed by atoms with van der Waals surface area (Å²) in [6.07, 6.45) is 0.532. The van der Waals surface area contributed by atoms with E-state index >= 15 is 0 Å². The summed E-state index contributed by atoms with van der Waals surface area (Å²) in [5, 5.41) is 49.2. The zero-order valence-electron chi connectivity index (χ0n) is 34.3. The second-order valence-electron chi connectivity index (χ2n) is 14.1. The highest BCUT2D eigenvalue weighted by Gasteiger charge is 2.32. The molecule has 0 aromatic rings. The molecule has 60 heavy (non-hydrogen) atoms. The number of nitrogens with zero attached hydrogens (tertiary/aromatic N) is 1. The van der Waals surface area contributed by atoms with Gasteiger partial charge >= 0.3 is 18.0 Å². The number of aliphatic hydroxyl groups is 1. The highest BCUT2D eigenvalue weighted by atomic mass is 16.4. The van der Waals surface area contributed by atoms with Gasteiger partial charge in [0, 0.05) is 13.1 Å². The van der Waals surface area contributed by atoms with Gasteiger partial charge in [-0.05, 0) is 38.0 Å². The van der Waals surface area contributed by atoms with Crippen molar-refractivity contribution in [1.82, 2.24) is 47.9 Å². The first kappa shape index (κ1) is 53.5. The van der Waals surface area contributed by atoms with Crippen molar-refractivity contribution in [3.8, 4) is 0 Å². The topological polar surface area (TPSA) is 404 Å². The molecular weight excluding hydrogens is 796 g/mol. The lowest BCUT2D eigenvalue weighted by Gasteiger charge is -2.25. The number of nitrogens with one attached hydrogen (secondary N) is 9. The SMILES string of the molecule is C=CCNC(=O)N[C@H](C(=O)NCC(=O)N[C@@H](CCCN=C(N)N)C(=O)NCC(=O)N[C@@H](CC(=O)O)C(=O)N[C@@H](CO)C(=O)N[C@@H](CC(C)C)C(=O)N[C@@H](C)C(=O)O)C(C)C. The number of carbonyl (C=O) groups excluding carboxylic acids is 8. The van der Waals surface area contributed by atoms with Gasteiger partial charge in [0.15, 0.2) is 5.96 Å². The van der Waals surface area contributed by atoms with Crippen molar-refractivity contribution in [3.05, 3.63) is 12.7 Å². The molecule has 338 valence electrons. The van der Waals surface area contributed by atoms with Gasteiger partial charge in [0.2, 0.25) is 41.4 Å². The Morgan fingerprint density at radius 3 is 1.70 bits per heavy atom. The molecule has 0 saturated carbocycles. The molecule has 0 unspecified atom stereocenters. The normalized spacial score (nSPS) is 13.7. The van der Waals surface area contributed by atoms with Crippen LogP contribution in [-0.2, 0) is 43.2 Å². The van der Waals surface area contributed by atoms with Gasteiger partial charge in [0.05, 0.1) is 26.1 Å². The molecule has 0 aliphatic carbocycles. The Labute approximate surface area is 346 Å². The Hall–Kier alpha value is -6.53. The van der Waals surface area contributed by atoms with E-state index in [9.17, 15) is 58.2 Å². The number of aliphatic imine (C=N–C) groups is 1. The molecule has 0 saturated heterocycles. The number of aliphatic carboxylic acids is 2. The maximum atomic E-state index is 13.2. The minimum atomic E-state index is -1.85. The molecular formula is C35H60N12O13. The maximum Gasteiger partial charge on any atom is 0.325 e. The Morgan fingerprint density at radius 2 is 1.20 bits per heavy atom. The summed E-state index contributed by atoms with van der Waals surface area (Å²) in [5.41, 5.74) is 10.7. The molecule has 0 aliphatic heterocycles. The van der Waals surface area contributed by atoms with Crippen molar-refractivity contribution in [3.63, 3.8) is 0 Å². The molecule has 25 heteroatoms. The van der Waals surface area contributed by atoms with Crippen LogP contribution in [0, 0.1) is 11.8 Å². The Morgan fingerprint density at radius 1 is 0.667 bits per heavy atom. The Kier molecular flexibility index (Phi) is 24.9. The number of carboxylic acids is 2. The molecule has 0 aromatic heterocycles. The highest BCUT2D eigenvalue weighted by molar-refractivity contribution is 5.97. The van der Waals surface area contributed by atoms with Crippen molar-refractivity contribution in [2.45, 2.75) is 96.6 Å². The van der Waals surface area contributed by atoms with Crippen molar-refractivity contribution >= 4 is 65.3 Å². The van der Waals surface area contributed by atoms with Crippen molar-refractivity contribution in [2.24, 2.45) is 28.3 Å². The summed E-state index contributed by atoms with van der Waals surface area (Å²) in [7, 11) is 0. The quantitative estimate of drug-likeness (QED) is 0.0151. The zero-order chi connectivity index (χ0) is 46.1. The van der Waals surface area contributed by atoms with Crippen LogP contribution >= 0.6 is 0 Å². The Balaban J connectivity index is 5.75. The number of carbonyl (C=O) groups is 10. The molecule has 0 aromatic carbocycles. The number of carboxylic acid groups (broad SMARTS) is 2. The van der Waals surface area contributed by atoms with Crippen LogP contribution in [0.3, 0.4) is 0 Å². The first-order valence-electron chi connectivity index (χ1n) is 18.8. The number of aliphatic hydroxyl groups excluding tert-OH is 1. The van der Waals surface area contributed by atoms with Gasteiger partial charge in [-0.25, -0.2) is 4.79 Å². The summed E-state index contributed by atoms with van der Waals surface area (Å²) in [4.78, 5) is 129. The average molecular weight is 857 g/mol. The molecule has 16 N–H and O–H groups in total. The number of guanidine groups is 1. The molecule has 0 bridgehead atoms. The van der Waals surface area contributed by atoms with Gasteiger partial charge in [-0.15, -0.1) is 6.58 Å². The lowest BCUT2D eigenvalue weighted by atomic mass is 10.0. The van der Waals surface area contributed by atoms with Gasteiger partial charge < -0.3 is 74.6 Å². The minimum absolute atomic E-state index is 0.0332. The van der Waals surface area contributed by atoms with Gasteiger partial charge in [-0.1, -0.05) is 33.8 Å². The first-order chi connectivity index (χ1) is 28.0. The van der Waals surface area contributed by atoms with E-state index < -0.39 is 122 Å². The van der Waals surface area contributed by atoms with Crippen molar-refractivity contribution in [1.29, 1.82) is 0 Å². The highest BCUT2D eigenvalue weighted by Crippen LogP contribution is 2.07. The van der Waals surface area contributed by atoms with E-state index in [4.69, 9.17) is 16.6 Å². The van der Waals surface area contributed by atoms with E-state index in [0.29, 0.717) is 0 Å². The third kappa shape index (κ3) is 22.4. The third-order valence-electron chi connectivity index (χ3n) is 8.00. The molecule has 6 atom stereocenters. The summed E-state index contributed by atoms with van der Waals surface area (Å²) >= 11 is 0. The van der Waals surface area contributed by atoms with E-state index in [2.05, 4.69) is 59.4 Å². The number of nitrogens with two attached hydrogens (primary N) is 2. The molecule has 0 radical (unpaired) electrons. The fourth-order valence-electron chi connectivity index (χ4n) is 4.92. The van der Waals surface area contributed by atoms with Crippen LogP contribution in [-0.4, -0.2) is 150 Å². The number of hydrogen-bond donors (Lipinski definition) is 14. The van der Waals surface area contributed by atoms with Gasteiger partial charge in [-0.3, -0.25) is 48.1 Å². The zero-order valence-corrected chi connectivity index (χ0v) is 34.3. The average Bonchev–Trinajstić information content (AvgIpc) is 3.15. The van der Waals surface area contributed by atoms with E-state index in [1.807, 2.05) is 0 Å². The van der Waals surface area contributed by atoms with E-state index in [1.54, 1.807) is 27.7 Å². The second-order valence-corrected chi connectivity index (χ2v) is 14.1. The fraction of sp³-hybridized carbons (Fsp3) is 0.629.